The zero-order valence-corrected chi connectivity index (χ0v) is 15.8. The van der Waals surface area contributed by atoms with Gasteiger partial charge in [0.2, 0.25) is 0 Å². The fraction of sp³-hybridized carbons (Fsp3) is 0.955. The first-order valence-corrected chi connectivity index (χ1v) is 10.4. The van der Waals surface area contributed by atoms with Crippen LogP contribution in [0, 0.1) is 51.7 Å². The van der Waals surface area contributed by atoms with Crippen LogP contribution in [0.4, 0.5) is 0 Å². The molecule has 4 aliphatic rings. The van der Waals surface area contributed by atoms with Crippen LogP contribution in [0.15, 0.2) is 0 Å². The van der Waals surface area contributed by atoms with Gasteiger partial charge in [0, 0.05) is 11.6 Å². The van der Waals surface area contributed by atoms with Crippen molar-refractivity contribution in [2.24, 2.45) is 46.3 Å². The molecule has 5 unspecified atom stereocenters. The van der Waals surface area contributed by atoms with Gasteiger partial charge in [-0.05, 0) is 98.7 Å². The molecule has 0 amide bonds. The van der Waals surface area contributed by atoms with Gasteiger partial charge in [-0.25, -0.2) is 0 Å². The Balaban J connectivity index is 1.61. The largest absolute Gasteiger partial charge is 0.310 e. The SMILES string of the molecule is CC(=N)C1CCC2C3CCC4C[C@@H](C)CC[C@]4(C)C3CC[C@]12C. The van der Waals surface area contributed by atoms with Crippen LogP contribution in [0.1, 0.15) is 85.5 Å². The fourth-order valence-corrected chi connectivity index (χ4v) is 8.18. The molecule has 4 rings (SSSR count). The third-order valence-corrected chi connectivity index (χ3v) is 9.45. The van der Waals surface area contributed by atoms with E-state index in [2.05, 4.69) is 27.7 Å². The molecule has 1 nitrogen and oxygen atoms in total. The highest BCUT2D eigenvalue weighted by Crippen LogP contribution is 2.67. The van der Waals surface area contributed by atoms with Crippen LogP contribution >= 0.6 is 0 Å². The van der Waals surface area contributed by atoms with Gasteiger partial charge in [-0.15, -0.1) is 0 Å². The van der Waals surface area contributed by atoms with Gasteiger partial charge in [-0.3, -0.25) is 0 Å². The molecule has 8 atom stereocenters. The van der Waals surface area contributed by atoms with Crippen molar-refractivity contribution in [3.8, 4) is 0 Å². The van der Waals surface area contributed by atoms with Gasteiger partial charge in [0.1, 0.15) is 0 Å². The molecule has 1 N–H and O–H groups in total. The highest BCUT2D eigenvalue weighted by molar-refractivity contribution is 5.82. The van der Waals surface area contributed by atoms with Gasteiger partial charge in [-0.2, -0.15) is 0 Å². The molecule has 0 aromatic heterocycles. The Morgan fingerprint density at radius 2 is 1.57 bits per heavy atom. The second-order valence-electron chi connectivity index (χ2n) is 10.4. The quantitative estimate of drug-likeness (QED) is 0.547. The lowest BCUT2D eigenvalue weighted by atomic mass is 9.44. The van der Waals surface area contributed by atoms with Crippen molar-refractivity contribution in [2.75, 3.05) is 0 Å². The van der Waals surface area contributed by atoms with Crippen molar-refractivity contribution in [1.82, 2.24) is 0 Å². The first-order valence-electron chi connectivity index (χ1n) is 10.4. The predicted molar refractivity (Wildman–Crippen MR) is 97.8 cm³/mol. The minimum absolute atomic E-state index is 0.457. The molecule has 0 aromatic rings. The average Bonchev–Trinajstić information content (AvgIpc) is 2.85. The maximum Gasteiger partial charge on any atom is 0.00946 e. The lowest BCUT2D eigenvalue weighted by Crippen LogP contribution is -2.53. The van der Waals surface area contributed by atoms with Gasteiger partial charge in [-0.1, -0.05) is 27.2 Å². The number of rotatable bonds is 1. The summed E-state index contributed by atoms with van der Waals surface area (Å²) in [4.78, 5) is 0. The van der Waals surface area contributed by atoms with Crippen LogP contribution < -0.4 is 0 Å². The first-order chi connectivity index (χ1) is 10.9. The molecule has 0 heterocycles. The molecule has 0 bridgehead atoms. The van der Waals surface area contributed by atoms with Crippen LogP contribution in [-0.4, -0.2) is 5.71 Å². The van der Waals surface area contributed by atoms with Crippen molar-refractivity contribution in [1.29, 1.82) is 5.41 Å². The van der Waals surface area contributed by atoms with E-state index in [-0.39, 0.29) is 0 Å². The second kappa shape index (κ2) is 5.33. The molecule has 0 radical (unpaired) electrons. The van der Waals surface area contributed by atoms with Crippen molar-refractivity contribution in [2.45, 2.75) is 85.5 Å². The predicted octanol–water partition coefficient (Wildman–Crippen LogP) is 6.32. The topological polar surface area (TPSA) is 23.9 Å². The van der Waals surface area contributed by atoms with E-state index in [9.17, 15) is 0 Å². The van der Waals surface area contributed by atoms with Crippen LogP contribution in [0.25, 0.3) is 0 Å². The van der Waals surface area contributed by atoms with E-state index < -0.39 is 0 Å². The zero-order chi connectivity index (χ0) is 16.4. The van der Waals surface area contributed by atoms with E-state index in [1.54, 1.807) is 0 Å². The number of hydrogen-bond acceptors (Lipinski definition) is 1. The first kappa shape index (κ1) is 16.2. The van der Waals surface area contributed by atoms with Crippen LogP contribution in [-0.2, 0) is 0 Å². The maximum absolute atomic E-state index is 8.28. The van der Waals surface area contributed by atoms with Crippen LogP contribution in [0.5, 0.6) is 0 Å². The maximum atomic E-state index is 8.28. The van der Waals surface area contributed by atoms with E-state index in [1.165, 1.54) is 57.8 Å². The summed E-state index contributed by atoms with van der Waals surface area (Å²) in [6, 6.07) is 0. The molecule has 23 heavy (non-hydrogen) atoms. The smallest absolute Gasteiger partial charge is 0.00946 e. The van der Waals surface area contributed by atoms with Crippen LogP contribution in [0.3, 0.4) is 0 Å². The third kappa shape index (κ3) is 2.20. The molecule has 130 valence electrons. The Morgan fingerprint density at radius 3 is 2.30 bits per heavy atom. The number of hydrogen-bond donors (Lipinski definition) is 1. The summed E-state index contributed by atoms with van der Waals surface area (Å²) < 4.78 is 0. The summed E-state index contributed by atoms with van der Waals surface area (Å²) in [5.41, 5.74) is 2.08. The summed E-state index contributed by atoms with van der Waals surface area (Å²) in [6.45, 7) is 9.79. The Bertz CT molecular complexity index is 496. The summed E-state index contributed by atoms with van der Waals surface area (Å²) in [5.74, 6) is 5.46. The van der Waals surface area contributed by atoms with Crippen LogP contribution in [0.2, 0.25) is 0 Å². The fourth-order valence-electron chi connectivity index (χ4n) is 8.18. The highest BCUT2D eigenvalue weighted by Gasteiger charge is 2.60. The summed E-state index contributed by atoms with van der Waals surface area (Å²) in [7, 11) is 0. The molecular weight excluding hydrogens is 278 g/mol. The Morgan fingerprint density at radius 1 is 0.870 bits per heavy atom. The Labute approximate surface area is 143 Å². The molecule has 0 saturated heterocycles. The standard InChI is InChI=1S/C22H37N/c1-14-9-11-21(3)16(13-14)5-6-17-19-8-7-18(15(2)23)22(19,4)12-10-20(17)21/h14,16-20,23H,5-13H2,1-4H3/t14-,16?,17?,18?,19?,20?,21-,22+/m0/s1. The lowest BCUT2D eigenvalue weighted by molar-refractivity contribution is -0.113. The average molecular weight is 316 g/mol. The minimum atomic E-state index is 0.457. The van der Waals surface area contributed by atoms with E-state index in [1.807, 2.05) is 0 Å². The third-order valence-electron chi connectivity index (χ3n) is 9.45. The van der Waals surface area contributed by atoms with Crippen molar-refractivity contribution in [3.05, 3.63) is 0 Å². The molecule has 0 aliphatic heterocycles. The summed E-state index contributed by atoms with van der Waals surface area (Å²) in [5, 5.41) is 8.28. The zero-order valence-electron chi connectivity index (χ0n) is 15.8. The van der Waals surface area contributed by atoms with Gasteiger partial charge in [0.15, 0.2) is 0 Å². The lowest BCUT2D eigenvalue weighted by Gasteiger charge is -2.61. The van der Waals surface area contributed by atoms with Crippen molar-refractivity contribution in [3.63, 3.8) is 0 Å². The monoisotopic (exact) mass is 315 g/mol. The Hall–Kier alpha value is -0.330. The van der Waals surface area contributed by atoms with E-state index in [0.717, 1.165) is 35.3 Å². The van der Waals surface area contributed by atoms with E-state index in [4.69, 9.17) is 5.41 Å². The molecule has 1 heteroatoms. The molecular formula is C22H37N. The number of nitrogens with one attached hydrogen (secondary N) is 1. The van der Waals surface area contributed by atoms with Crippen molar-refractivity contribution < 1.29 is 0 Å². The second-order valence-corrected chi connectivity index (χ2v) is 10.4. The molecule has 4 aliphatic carbocycles. The molecule has 0 aromatic carbocycles. The summed E-state index contributed by atoms with van der Waals surface area (Å²) >= 11 is 0. The van der Waals surface area contributed by atoms with E-state index >= 15 is 0 Å². The molecule has 0 spiro atoms. The van der Waals surface area contributed by atoms with Crippen molar-refractivity contribution >= 4 is 5.71 Å². The van der Waals surface area contributed by atoms with Gasteiger partial charge in [0.05, 0.1) is 0 Å². The highest BCUT2D eigenvalue weighted by atomic mass is 14.7. The van der Waals surface area contributed by atoms with Gasteiger partial charge >= 0.3 is 0 Å². The summed E-state index contributed by atoms with van der Waals surface area (Å²) in [6.07, 6.45) is 13.1. The minimum Gasteiger partial charge on any atom is -0.310 e. The molecule has 4 fully saturated rings. The molecule has 4 saturated carbocycles. The van der Waals surface area contributed by atoms with Gasteiger partial charge < -0.3 is 5.41 Å². The normalized spacial score (nSPS) is 55.7. The Kier molecular flexibility index (Phi) is 3.75. The van der Waals surface area contributed by atoms with Gasteiger partial charge in [0.25, 0.3) is 0 Å². The number of fused-ring (bicyclic) bond motifs is 5. The van der Waals surface area contributed by atoms with E-state index in [0.29, 0.717) is 16.7 Å².